The zero-order valence-corrected chi connectivity index (χ0v) is 15.3. The lowest BCUT2D eigenvalue weighted by molar-refractivity contribution is -0.122. The number of hydrogen-bond acceptors (Lipinski definition) is 4. The van der Waals surface area contributed by atoms with E-state index in [1.165, 1.54) is 5.56 Å². The number of nitrogens with one attached hydrogen (secondary N) is 1. The molecule has 1 N–H and O–H groups in total. The molecular formula is C20H25N5O. The lowest BCUT2D eigenvalue weighted by atomic mass is 10.1. The van der Waals surface area contributed by atoms with Gasteiger partial charge in [-0.1, -0.05) is 61.5 Å². The molecule has 1 atom stereocenters. The predicted molar refractivity (Wildman–Crippen MR) is 103 cm³/mol. The number of rotatable bonds is 8. The van der Waals surface area contributed by atoms with E-state index in [9.17, 15) is 4.79 Å². The van der Waals surface area contributed by atoms with Crippen molar-refractivity contribution in [3.05, 3.63) is 60.2 Å². The van der Waals surface area contributed by atoms with Crippen LogP contribution >= 0.6 is 0 Å². The van der Waals surface area contributed by atoms with Crippen molar-refractivity contribution in [3.63, 3.8) is 0 Å². The van der Waals surface area contributed by atoms with Gasteiger partial charge >= 0.3 is 0 Å². The molecule has 0 aliphatic carbocycles. The molecule has 0 saturated carbocycles. The van der Waals surface area contributed by atoms with Crippen LogP contribution in [-0.2, 0) is 11.3 Å². The number of amides is 1. The van der Waals surface area contributed by atoms with Crippen LogP contribution in [0.15, 0.2) is 54.6 Å². The summed E-state index contributed by atoms with van der Waals surface area (Å²) in [4.78, 5) is 14.8. The van der Waals surface area contributed by atoms with Crippen LogP contribution in [0, 0.1) is 0 Å². The lowest BCUT2D eigenvalue weighted by Gasteiger charge is -2.30. The quantitative estimate of drug-likeness (QED) is 0.678. The maximum Gasteiger partial charge on any atom is 0.241 e. The zero-order chi connectivity index (χ0) is 18.4. The Balaban J connectivity index is 1.67. The average molecular weight is 351 g/mol. The summed E-state index contributed by atoms with van der Waals surface area (Å²) >= 11 is 0. The van der Waals surface area contributed by atoms with E-state index in [0.717, 1.165) is 24.1 Å². The highest BCUT2D eigenvalue weighted by atomic mass is 16.2. The molecule has 0 saturated heterocycles. The standard InChI is InChI=1S/C20H25N5O/c1-3-24(4-2)19(16-10-6-5-7-11-16)14-21-20(26)15-25-18-13-9-8-12-17(18)22-23-25/h5-13,19H,3-4,14-15H2,1-2H3,(H,21,26). The summed E-state index contributed by atoms with van der Waals surface area (Å²) < 4.78 is 1.64. The molecule has 0 spiro atoms. The molecule has 136 valence electrons. The van der Waals surface area contributed by atoms with Crippen LogP contribution < -0.4 is 5.32 Å². The van der Waals surface area contributed by atoms with Crippen molar-refractivity contribution in [2.75, 3.05) is 19.6 Å². The third kappa shape index (κ3) is 4.08. The molecule has 0 aliphatic rings. The van der Waals surface area contributed by atoms with E-state index in [4.69, 9.17) is 0 Å². The second kappa shape index (κ2) is 8.58. The largest absolute Gasteiger partial charge is 0.353 e. The first-order valence-electron chi connectivity index (χ1n) is 9.06. The van der Waals surface area contributed by atoms with E-state index in [-0.39, 0.29) is 18.5 Å². The highest BCUT2D eigenvalue weighted by Gasteiger charge is 2.19. The lowest BCUT2D eigenvalue weighted by Crippen LogP contribution is -2.39. The summed E-state index contributed by atoms with van der Waals surface area (Å²) in [5.74, 6) is -0.0614. The van der Waals surface area contributed by atoms with Gasteiger partial charge in [-0.3, -0.25) is 9.69 Å². The fourth-order valence-electron chi connectivity index (χ4n) is 3.23. The highest BCUT2D eigenvalue weighted by Crippen LogP contribution is 2.19. The SMILES string of the molecule is CCN(CC)C(CNC(=O)Cn1nnc2ccccc21)c1ccccc1. The minimum absolute atomic E-state index is 0.0614. The number of hydrogen-bond donors (Lipinski definition) is 1. The molecule has 0 fully saturated rings. The molecule has 1 unspecified atom stereocenters. The van der Waals surface area contributed by atoms with Gasteiger partial charge in [0.1, 0.15) is 12.1 Å². The average Bonchev–Trinajstić information content (AvgIpc) is 3.09. The van der Waals surface area contributed by atoms with Crippen molar-refractivity contribution in [3.8, 4) is 0 Å². The minimum atomic E-state index is -0.0614. The van der Waals surface area contributed by atoms with Crippen LogP contribution in [0.25, 0.3) is 11.0 Å². The van der Waals surface area contributed by atoms with Crippen LogP contribution in [0.1, 0.15) is 25.5 Å². The summed E-state index contributed by atoms with van der Waals surface area (Å²) in [6, 6.07) is 18.1. The van der Waals surface area contributed by atoms with Crippen LogP contribution in [0.2, 0.25) is 0 Å². The molecule has 3 rings (SSSR count). The van der Waals surface area contributed by atoms with E-state index in [2.05, 4.69) is 46.5 Å². The predicted octanol–water partition coefficient (Wildman–Crippen LogP) is 2.63. The van der Waals surface area contributed by atoms with Crippen LogP contribution in [0.4, 0.5) is 0 Å². The number of benzene rings is 2. The Labute approximate surface area is 153 Å². The zero-order valence-electron chi connectivity index (χ0n) is 15.3. The van der Waals surface area contributed by atoms with Gasteiger partial charge in [0.15, 0.2) is 0 Å². The summed E-state index contributed by atoms with van der Waals surface area (Å²) in [5.41, 5.74) is 2.87. The Morgan fingerprint density at radius 3 is 2.50 bits per heavy atom. The monoisotopic (exact) mass is 351 g/mol. The number of carbonyl (C=O) groups excluding carboxylic acids is 1. The second-order valence-electron chi connectivity index (χ2n) is 6.19. The summed E-state index contributed by atoms with van der Waals surface area (Å²) in [5, 5.41) is 11.2. The summed E-state index contributed by atoms with van der Waals surface area (Å²) in [6.07, 6.45) is 0. The molecule has 2 aromatic carbocycles. The van der Waals surface area contributed by atoms with Gasteiger partial charge in [-0.15, -0.1) is 5.10 Å². The number of likely N-dealkylation sites (N-methyl/N-ethyl adjacent to an activating group) is 1. The molecule has 1 amide bonds. The molecule has 3 aromatic rings. The van der Waals surface area contributed by atoms with Crippen molar-refractivity contribution < 1.29 is 4.79 Å². The summed E-state index contributed by atoms with van der Waals surface area (Å²) in [7, 11) is 0. The van der Waals surface area contributed by atoms with Crippen molar-refractivity contribution in [2.24, 2.45) is 0 Å². The molecule has 0 radical (unpaired) electrons. The fourth-order valence-corrected chi connectivity index (χ4v) is 3.23. The number of fused-ring (bicyclic) bond motifs is 1. The third-order valence-electron chi connectivity index (χ3n) is 4.64. The van der Waals surface area contributed by atoms with E-state index < -0.39 is 0 Å². The summed E-state index contributed by atoms with van der Waals surface area (Å²) in [6.45, 7) is 6.88. The number of para-hydroxylation sites is 1. The number of nitrogens with zero attached hydrogens (tertiary/aromatic N) is 4. The Morgan fingerprint density at radius 2 is 1.77 bits per heavy atom. The van der Waals surface area contributed by atoms with Gasteiger partial charge < -0.3 is 5.32 Å². The van der Waals surface area contributed by atoms with Crippen LogP contribution in [-0.4, -0.2) is 45.4 Å². The first-order chi connectivity index (χ1) is 12.7. The first-order valence-corrected chi connectivity index (χ1v) is 9.06. The molecule has 1 aromatic heterocycles. The van der Waals surface area contributed by atoms with Gasteiger partial charge in [0.05, 0.1) is 11.6 Å². The van der Waals surface area contributed by atoms with Gasteiger partial charge in [-0.05, 0) is 30.8 Å². The van der Waals surface area contributed by atoms with E-state index >= 15 is 0 Å². The topological polar surface area (TPSA) is 63.1 Å². The minimum Gasteiger partial charge on any atom is -0.353 e. The molecular weight excluding hydrogens is 326 g/mol. The van der Waals surface area contributed by atoms with Crippen molar-refractivity contribution in [2.45, 2.75) is 26.4 Å². The van der Waals surface area contributed by atoms with E-state index in [0.29, 0.717) is 6.54 Å². The van der Waals surface area contributed by atoms with Gasteiger partial charge in [0, 0.05) is 6.54 Å². The van der Waals surface area contributed by atoms with E-state index in [1.54, 1.807) is 4.68 Å². The van der Waals surface area contributed by atoms with E-state index in [1.807, 2.05) is 42.5 Å². The van der Waals surface area contributed by atoms with Gasteiger partial charge in [-0.2, -0.15) is 0 Å². The fraction of sp³-hybridized carbons (Fsp3) is 0.350. The molecule has 1 heterocycles. The van der Waals surface area contributed by atoms with Crippen molar-refractivity contribution >= 4 is 16.9 Å². The van der Waals surface area contributed by atoms with Crippen molar-refractivity contribution in [1.82, 2.24) is 25.2 Å². The van der Waals surface area contributed by atoms with Crippen LogP contribution in [0.5, 0.6) is 0 Å². The molecule has 26 heavy (non-hydrogen) atoms. The molecule has 6 nitrogen and oxygen atoms in total. The van der Waals surface area contributed by atoms with Crippen molar-refractivity contribution in [1.29, 1.82) is 0 Å². The number of carbonyl (C=O) groups is 1. The Morgan fingerprint density at radius 1 is 1.08 bits per heavy atom. The number of aromatic nitrogens is 3. The molecule has 6 heteroatoms. The smallest absolute Gasteiger partial charge is 0.241 e. The maximum atomic E-state index is 12.5. The van der Waals surface area contributed by atoms with Gasteiger partial charge in [-0.25, -0.2) is 4.68 Å². The van der Waals surface area contributed by atoms with Crippen LogP contribution in [0.3, 0.4) is 0 Å². The normalized spacial score (nSPS) is 12.4. The Hall–Kier alpha value is -2.73. The maximum absolute atomic E-state index is 12.5. The first kappa shape index (κ1) is 18.1. The highest BCUT2D eigenvalue weighted by molar-refractivity contribution is 5.79. The molecule has 0 aliphatic heterocycles. The second-order valence-corrected chi connectivity index (χ2v) is 6.19. The Kier molecular flexibility index (Phi) is 5.96. The van der Waals surface area contributed by atoms with Gasteiger partial charge in [0.25, 0.3) is 0 Å². The molecule has 0 bridgehead atoms. The Bertz CT molecular complexity index is 842. The van der Waals surface area contributed by atoms with Gasteiger partial charge in [0.2, 0.25) is 5.91 Å². The third-order valence-corrected chi connectivity index (χ3v) is 4.64.